The maximum atomic E-state index is 12.1. The van der Waals surface area contributed by atoms with Crippen LogP contribution in [-0.4, -0.2) is 42.9 Å². The molecule has 1 amide bonds. The van der Waals surface area contributed by atoms with Gasteiger partial charge in [-0.25, -0.2) is 0 Å². The molecule has 0 N–H and O–H groups in total. The van der Waals surface area contributed by atoms with Gasteiger partial charge in [0.05, 0.1) is 6.61 Å². The lowest BCUT2D eigenvalue weighted by Gasteiger charge is -2.16. The second kappa shape index (κ2) is 7.28. The van der Waals surface area contributed by atoms with Crippen LogP contribution >= 0.6 is 0 Å². The quantitative estimate of drug-likeness (QED) is 0.599. The molecular formula is C14H17NO5. The molecular weight excluding hydrogens is 262 g/mol. The van der Waals surface area contributed by atoms with Crippen molar-refractivity contribution < 1.29 is 23.9 Å². The van der Waals surface area contributed by atoms with Gasteiger partial charge in [0.2, 0.25) is 0 Å². The molecule has 1 aromatic rings. The average molecular weight is 279 g/mol. The van der Waals surface area contributed by atoms with Crippen molar-refractivity contribution in [3.8, 4) is 5.75 Å². The number of nitrogens with zero attached hydrogens (tertiary/aromatic N) is 1. The molecule has 0 saturated carbocycles. The molecule has 0 aromatic heterocycles. The highest BCUT2D eigenvalue weighted by atomic mass is 16.5. The van der Waals surface area contributed by atoms with Crippen LogP contribution in [0.15, 0.2) is 24.3 Å². The molecule has 0 saturated heterocycles. The van der Waals surface area contributed by atoms with Crippen LogP contribution in [0.3, 0.4) is 0 Å². The summed E-state index contributed by atoms with van der Waals surface area (Å²) in [6.45, 7) is 3.11. The van der Waals surface area contributed by atoms with Gasteiger partial charge in [-0.05, 0) is 25.1 Å². The Kier molecular flexibility index (Phi) is 5.71. The third kappa shape index (κ3) is 4.72. The topological polar surface area (TPSA) is 72.9 Å². The fraction of sp³-hybridized carbons (Fsp3) is 0.357. The summed E-state index contributed by atoms with van der Waals surface area (Å²) in [7, 11) is 1.50. The van der Waals surface area contributed by atoms with E-state index >= 15 is 0 Å². The summed E-state index contributed by atoms with van der Waals surface area (Å²) in [5.41, 5.74) is 0.329. The van der Waals surface area contributed by atoms with Gasteiger partial charge in [-0.1, -0.05) is 6.07 Å². The van der Waals surface area contributed by atoms with Gasteiger partial charge in [-0.15, -0.1) is 0 Å². The van der Waals surface area contributed by atoms with Crippen LogP contribution in [0, 0.1) is 0 Å². The molecule has 108 valence electrons. The van der Waals surface area contributed by atoms with Gasteiger partial charge < -0.3 is 14.4 Å². The van der Waals surface area contributed by atoms with E-state index < -0.39 is 11.9 Å². The number of carbonyl (C=O) groups is 3. The van der Waals surface area contributed by atoms with Crippen molar-refractivity contribution in [3.63, 3.8) is 0 Å². The van der Waals surface area contributed by atoms with Crippen LogP contribution in [0.1, 0.15) is 24.2 Å². The van der Waals surface area contributed by atoms with E-state index in [4.69, 9.17) is 9.47 Å². The lowest BCUT2D eigenvalue weighted by atomic mass is 10.2. The first-order chi connectivity index (χ1) is 9.43. The highest BCUT2D eigenvalue weighted by molar-refractivity contribution is 5.96. The van der Waals surface area contributed by atoms with Crippen LogP contribution in [0.2, 0.25) is 0 Å². The molecule has 0 aliphatic carbocycles. The third-order valence-electron chi connectivity index (χ3n) is 2.36. The number of likely N-dealkylation sites (N-methyl/N-ethyl adjacent to an activating group) is 1. The molecule has 0 heterocycles. The summed E-state index contributed by atoms with van der Waals surface area (Å²) < 4.78 is 9.68. The Morgan fingerprint density at radius 2 is 1.95 bits per heavy atom. The summed E-state index contributed by atoms with van der Waals surface area (Å²) in [4.78, 5) is 35.5. The highest BCUT2D eigenvalue weighted by Gasteiger charge is 2.16. The van der Waals surface area contributed by atoms with Crippen molar-refractivity contribution in [2.75, 3.05) is 20.2 Å². The lowest BCUT2D eigenvalue weighted by Crippen LogP contribution is -2.33. The van der Waals surface area contributed by atoms with Crippen molar-refractivity contribution in [1.82, 2.24) is 4.90 Å². The Bertz CT molecular complexity index is 512. The first-order valence-electron chi connectivity index (χ1n) is 6.13. The van der Waals surface area contributed by atoms with Crippen LogP contribution in [-0.2, 0) is 14.3 Å². The number of rotatable bonds is 5. The van der Waals surface area contributed by atoms with Crippen molar-refractivity contribution in [2.24, 2.45) is 0 Å². The van der Waals surface area contributed by atoms with Gasteiger partial charge in [0.25, 0.3) is 5.91 Å². The highest BCUT2D eigenvalue weighted by Crippen LogP contribution is 2.14. The minimum Gasteiger partial charge on any atom is -0.465 e. The smallest absolute Gasteiger partial charge is 0.325 e. The van der Waals surface area contributed by atoms with Crippen LogP contribution < -0.4 is 4.74 Å². The van der Waals surface area contributed by atoms with Gasteiger partial charge in [-0.2, -0.15) is 0 Å². The molecule has 1 rings (SSSR count). The van der Waals surface area contributed by atoms with Gasteiger partial charge >= 0.3 is 11.9 Å². The van der Waals surface area contributed by atoms with Gasteiger partial charge in [0.15, 0.2) is 0 Å². The maximum Gasteiger partial charge on any atom is 0.325 e. The SMILES string of the molecule is CCOC(=O)CN(C)C(=O)c1cccc(OC(C)=O)c1. The Morgan fingerprint density at radius 3 is 2.55 bits per heavy atom. The summed E-state index contributed by atoms with van der Waals surface area (Å²) in [5.74, 6) is -1.01. The van der Waals surface area contributed by atoms with Crippen molar-refractivity contribution >= 4 is 17.8 Å². The first kappa shape index (κ1) is 15.7. The third-order valence-corrected chi connectivity index (χ3v) is 2.36. The van der Waals surface area contributed by atoms with E-state index in [1.807, 2.05) is 0 Å². The Hall–Kier alpha value is -2.37. The molecule has 0 fully saturated rings. The number of hydrogen-bond acceptors (Lipinski definition) is 5. The predicted molar refractivity (Wildman–Crippen MR) is 71.3 cm³/mol. The standard InChI is InChI=1S/C14H17NO5/c1-4-19-13(17)9-15(3)14(18)11-6-5-7-12(8-11)20-10(2)16/h5-8H,4,9H2,1-3H3. The number of hydrogen-bond donors (Lipinski definition) is 0. The average Bonchev–Trinajstić information content (AvgIpc) is 2.37. The second-order valence-electron chi connectivity index (χ2n) is 4.09. The molecule has 1 aromatic carbocycles. The number of ether oxygens (including phenoxy) is 2. The number of carbonyl (C=O) groups excluding carboxylic acids is 3. The molecule has 20 heavy (non-hydrogen) atoms. The zero-order chi connectivity index (χ0) is 15.1. The molecule has 0 aliphatic rings. The molecule has 0 aliphatic heterocycles. The fourth-order valence-electron chi connectivity index (χ4n) is 1.55. The molecule has 6 heteroatoms. The minimum absolute atomic E-state index is 0.134. The largest absolute Gasteiger partial charge is 0.465 e. The summed E-state index contributed by atoms with van der Waals surface area (Å²) in [6, 6.07) is 6.20. The Balaban J connectivity index is 2.75. The molecule has 0 unspecified atom stereocenters. The summed E-state index contributed by atoms with van der Waals surface area (Å²) in [6.07, 6.45) is 0. The lowest BCUT2D eigenvalue weighted by molar-refractivity contribution is -0.143. The van der Waals surface area contributed by atoms with Crippen LogP contribution in [0.25, 0.3) is 0 Å². The first-order valence-corrected chi connectivity index (χ1v) is 6.13. The Morgan fingerprint density at radius 1 is 1.25 bits per heavy atom. The van der Waals surface area contributed by atoms with E-state index in [1.54, 1.807) is 25.1 Å². The van der Waals surface area contributed by atoms with Gasteiger partial charge in [-0.3, -0.25) is 14.4 Å². The zero-order valence-electron chi connectivity index (χ0n) is 11.7. The second-order valence-corrected chi connectivity index (χ2v) is 4.09. The van der Waals surface area contributed by atoms with E-state index in [1.165, 1.54) is 24.9 Å². The number of esters is 2. The normalized spacial score (nSPS) is 9.75. The van der Waals surface area contributed by atoms with Crippen molar-refractivity contribution in [3.05, 3.63) is 29.8 Å². The maximum absolute atomic E-state index is 12.1. The van der Waals surface area contributed by atoms with E-state index in [-0.39, 0.29) is 24.8 Å². The predicted octanol–water partition coefficient (Wildman–Crippen LogP) is 1.25. The monoisotopic (exact) mass is 279 g/mol. The van der Waals surface area contributed by atoms with E-state index in [9.17, 15) is 14.4 Å². The molecule has 0 atom stereocenters. The van der Waals surface area contributed by atoms with Crippen molar-refractivity contribution in [2.45, 2.75) is 13.8 Å². The van der Waals surface area contributed by atoms with Gasteiger partial charge in [0.1, 0.15) is 12.3 Å². The molecule has 0 bridgehead atoms. The minimum atomic E-state index is -0.473. The zero-order valence-corrected chi connectivity index (χ0v) is 11.7. The van der Waals surface area contributed by atoms with E-state index in [0.717, 1.165) is 0 Å². The summed E-state index contributed by atoms with van der Waals surface area (Å²) in [5, 5.41) is 0. The van der Waals surface area contributed by atoms with Crippen LogP contribution in [0.5, 0.6) is 5.75 Å². The molecule has 6 nitrogen and oxygen atoms in total. The Labute approximate surface area is 117 Å². The number of amides is 1. The van der Waals surface area contributed by atoms with Crippen molar-refractivity contribution in [1.29, 1.82) is 0 Å². The van der Waals surface area contributed by atoms with Crippen LogP contribution in [0.4, 0.5) is 0 Å². The molecule has 0 spiro atoms. The summed E-state index contributed by atoms with van der Waals surface area (Å²) >= 11 is 0. The van der Waals surface area contributed by atoms with Gasteiger partial charge in [0, 0.05) is 19.5 Å². The van der Waals surface area contributed by atoms with E-state index in [0.29, 0.717) is 5.56 Å². The number of benzene rings is 1. The van der Waals surface area contributed by atoms with E-state index in [2.05, 4.69) is 0 Å². The fourth-order valence-corrected chi connectivity index (χ4v) is 1.55. The molecule has 0 radical (unpaired) electrons.